The predicted molar refractivity (Wildman–Crippen MR) is 108 cm³/mol. The van der Waals surface area contributed by atoms with Crippen LogP contribution in [0.4, 0.5) is 0 Å². The number of nitrogens with zero attached hydrogens (tertiary/aromatic N) is 3. The third-order valence-electron chi connectivity index (χ3n) is 5.13. The molecule has 1 heterocycles. The van der Waals surface area contributed by atoms with Crippen LogP contribution in [-0.4, -0.2) is 28.0 Å². The number of hydrogen-bond donors (Lipinski definition) is 1. The van der Waals surface area contributed by atoms with Crippen LogP contribution in [0.25, 0.3) is 0 Å². The molecule has 0 unspecified atom stereocenters. The summed E-state index contributed by atoms with van der Waals surface area (Å²) in [6.07, 6.45) is 6.83. The van der Waals surface area contributed by atoms with Crippen LogP contribution in [0, 0.1) is 18.3 Å². The molecule has 2 aromatic rings. The molecule has 1 aliphatic carbocycles. The van der Waals surface area contributed by atoms with Gasteiger partial charge in [-0.2, -0.15) is 5.26 Å². The molecular formula is C22H28N4O2. The second-order valence-corrected chi connectivity index (χ2v) is 7.63. The van der Waals surface area contributed by atoms with Crippen molar-refractivity contribution in [3.8, 4) is 11.8 Å². The third kappa shape index (κ3) is 4.86. The molecule has 1 saturated carbocycles. The zero-order valence-electron chi connectivity index (χ0n) is 16.6. The molecule has 0 spiro atoms. The molecule has 6 heteroatoms. The standard InChI is InChI=1S/C22H26N4O2.H2/c1-14(2)20-12-25-21(13-24-20)22(27)26-17-5-8-18(9-6-17)28-19-7-4-16(11-23)15(3)10-19;/h4,7,10,12-14,17-18H,5-6,8-9H2,1-3H3,(H,26,27);1H. The number of aryl methyl sites for hydroxylation is 1. The van der Waals surface area contributed by atoms with E-state index in [1.165, 1.54) is 0 Å². The Morgan fingerprint density at radius 2 is 2.00 bits per heavy atom. The fourth-order valence-electron chi connectivity index (χ4n) is 3.37. The fourth-order valence-corrected chi connectivity index (χ4v) is 3.37. The molecule has 0 atom stereocenters. The maximum Gasteiger partial charge on any atom is 0.271 e. The Morgan fingerprint density at radius 3 is 2.57 bits per heavy atom. The lowest BCUT2D eigenvalue weighted by Gasteiger charge is -2.29. The minimum Gasteiger partial charge on any atom is -0.490 e. The van der Waals surface area contributed by atoms with E-state index in [0.717, 1.165) is 42.7 Å². The van der Waals surface area contributed by atoms with Crippen LogP contribution in [0.15, 0.2) is 30.6 Å². The summed E-state index contributed by atoms with van der Waals surface area (Å²) in [5, 5.41) is 12.1. The molecule has 1 aliphatic rings. The van der Waals surface area contributed by atoms with Crippen molar-refractivity contribution in [3.63, 3.8) is 0 Å². The smallest absolute Gasteiger partial charge is 0.271 e. The second kappa shape index (κ2) is 8.83. The number of benzene rings is 1. The molecule has 28 heavy (non-hydrogen) atoms. The molecule has 1 N–H and O–H groups in total. The molecule has 1 aromatic heterocycles. The molecule has 148 valence electrons. The van der Waals surface area contributed by atoms with E-state index in [4.69, 9.17) is 10.00 Å². The summed E-state index contributed by atoms with van der Waals surface area (Å²) < 4.78 is 6.06. The van der Waals surface area contributed by atoms with E-state index in [2.05, 4.69) is 21.4 Å². The van der Waals surface area contributed by atoms with Crippen molar-refractivity contribution >= 4 is 5.91 Å². The van der Waals surface area contributed by atoms with E-state index < -0.39 is 0 Å². The van der Waals surface area contributed by atoms with Crippen LogP contribution >= 0.6 is 0 Å². The molecular weight excluding hydrogens is 352 g/mol. The Balaban J connectivity index is 0.00000300. The lowest BCUT2D eigenvalue weighted by atomic mass is 9.92. The van der Waals surface area contributed by atoms with Crippen LogP contribution < -0.4 is 10.1 Å². The summed E-state index contributed by atoms with van der Waals surface area (Å²) in [4.78, 5) is 20.9. The van der Waals surface area contributed by atoms with E-state index in [1.807, 2.05) is 32.9 Å². The van der Waals surface area contributed by atoms with Gasteiger partial charge in [0.15, 0.2) is 0 Å². The zero-order valence-corrected chi connectivity index (χ0v) is 16.6. The highest BCUT2D eigenvalue weighted by Gasteiger charge is 2.24. The summed E-state index contributed by atoms with van der Waals surface area (Å²) in [5.41, 5.74) is 2.83. The van der Waals surface area contributed by atoms with Gasteiger partial charge in [0.25, 0.3) is 5.91 Å². The van der Waals surface area contributed by atoms with Crippen molar-refractivity contribution in [1.82, 2.24) is 15.3 Å². The van der Waals surface area contributed by atoms with E-state index in [-0.39, 0.29) is 19.5 Å². The van der Waals surface area contributed by atoms with Crippen molar-refractivity contribution in [3.05, 3.63) is 53.1 Å². The second-order valence-electron chi connectivity index (χ2n) is 7.63. The SMILES string of the molecule is Cc1cc(OC2CCC(NC(=O)c3cnc(C(C)C)cn3)CC2)ccc1C#N.[HH]. The molecule has 1 aromatic carbocycles. The quantitative estimate of drug-likeness (QED) is 0.842. The summed E-state index contributed by atoms with van der Waals surface area (Å²) in [6, 6.07) is 7.84. The largest absolute Gasteiger partial charge is 0.490 e. The first-order chi connectivity index (χ1) is 13.5. The lowest BCUT2D eigenvalue weighted by Crippen LogP contribution is -2.40. The van der Waals surface area contributed by atoms with Crippen molar-refractivity contribution in [2.24, 2.45) is 0 Å². The monoisotopic (exact) mass is 380 g/mol. The summed E-state index contributed by atoms with van der Waals surface area (Å²) >= 11 is 0. The Kier molecular flexibility index (Phi) is 6.25. The summed E-state index contributed by atoms with van der Waals surface area (Å²) in [5.74, 6) is 0.916. The van der Waals surface area contributed by atoms with Gasteiger partial charge in [0.1, 0.15) is 11.4 Å². The van der Waals surface area contributed by atoms with Gasteiger partial charge in [0.05, 0.1) is 29.6 Å². The number of carbonyl (C=O) groups excluding carboxylic acids is 1. The van der Waals surface area contributed by atoms with E-state index in [1.54, 1.807) is 18.5 Å². The van der Waals surface area contributed by atoms with Gasteiger partial charge in [0.2, 0.25) is 0 Å². The highest BCUT2D eigenvalue weighted by atomic mass is 16.5. The maximum absolute atomic E-state index is 12.4. The van der Waals surface area contributed by atoms with Gasteiger partial charge in [-0.3, -0.25) is 9.78 Å². The number of carbonyl (C=O) groups is 1. The molecule has 1 fully saturated rings. The maximum atomic E-state index is 12.4. The number of amides is 1. The van der Waals surface area contributed by atoms with Crippen LogP contribution in [-0.2, 0) is 0 Å². The Labute approximate surface area is 167 Å². The number of aromatic nitrogens is 2. The van der Waals surface area contributed by atoms with Gasteiger partial charge in [-0.05, 0) is 62.3 Å². The number of nitriles is 1. The summed E-state index contributed by atoms with van der Waals surface area (Å²) in [7, 11) is 0. The minimum absolute atomic E-state index is 0. The Hall–Kier alpha value is -2.94. The summed E-state index contributed by atoms with van der Waals surface area (Å²) in [6.45, 7) is 6.00. The van der Waals surface area contributed by atoms with Crippen molar-refractivity contribution < 1.29 is 11.0 Å². The number of ether oxygens (including phenoxy) is 1. The topological polar surface area (TPSA) is 87.9 Å². The molecule has 0 saturated heterocycles. The Bertz CT molecular complexity index is 869. The van der Waals surface area contributed by atoms with Gasteiger partial charge < -0.3 is 10.1 Å². The first kappa shape index (κ1) is 19.8. The normalized spacial score (nSPS) is 19.1. The highest BCUT2D eigenvalue weighted by Crippen LogP contribution is 2.25. The minimum atomic E-state index is -0.171. The van der Waals surface area contributed by atoms with Crippen LogP contribution in [0.1, 0.15) is 74.2 Å². The molecule has 6 nitrogen and oxygen atoms in total. The van der Waals surface area contributed by atoms with Gasteiger partial charge in [-0.25, -0.2) is 4.98 Å². The molecule has 1 amide bonds. The van der Waals surface area contributed by atoms with E-state index in [9.17, 15) is 4.79 Å². The highest BCUT2D eigenvalue weighted by molar-refractivity contribution is 5.92. The first-order valence-corrected chi connectivity index (χ1v) is 9.76. The average molecular weight is 380 g/mol. The number of hydrogen-bond acceptors (Lipinski definition) is 5. The molecule has 3 rings (SSSR count). The van der Waals surface area contributed by atoms with Gasteiger partial charge in [-0.1, -0.05) is 13.8 Å². The van der Waals surface area contributed by atoms with Crippen LogP contribution in [0.3, 0.4) is 0 Å². The number of nitrogens with one attached hydrogen (secondary N) is 1. The van der Waals surface area contributed by atoms with Gasteiger partial charge in [0, 0.05) is 13.7 Å². The van der Waals surface area contributed by atoms with Crippen LogP contribution in [0.2, 0.25) is 0 Å². The van der Waals surface area contributed by atoms with E-state index in [0.29, 0.717) is 17.2 Å². The average Bonchev–Trinajstić information content (AvgIpc) is 2.69. The number of rotatable bonds is 5. The third-order valence-corrected chi connectivity index (χ3v) is 5.13. The molecule has 0 radical (unpaired) electrons. The molecule has 0 bridgehead atoms. The fraction of sp³-hybridized carbons (Fsp3) is 0.455. The predicted octanol–water partition coefficient (Wildman–Crippen LogP) is 4.15. The lowest BCUT2D eigenvalue weighted by molar-refractivity contribution is 0.0888. The van der Waals surface area contributed by atoms with Gasteiger partial charge >= 0.3 is 0 Å². The van der Waals surface area contributed by atoms with Crippen molar-refractivity contribution in [2.45, 2.75) is 64.5 Å². The van der Waals surface area contributed by atoms with Crippen molar-refractivity contribution in [1.29, 1.82) is 5.26 Å². The van der Waals surface area contributed by atoms with Crippen LogP contribution in [0.5, 0.6) is 5.75 Å². The first-order valence-electron chi connectivity index (χ1n) is 9.76. The molecule has 0 aliphatic heterocycles. The zero-order chi connectivity index (χ0) is 20.1. The van der Waals surface area contributed by atoms with Crippen molar-refractivity contribution in [2.75, 3.05) is 0 Å². The van der Waals surface area contributed by atoms with E-state index >= 15 is 0 Å². The Morgan fingerprint density at radius 1 is 1.25 bits per heavy atom. The van der Waals surface area contributed by atoms with Gasteiger partial charge in [-0.15, -0.1) is 0 Å².